The molecule has 1 heterocycles. The first-order valence-corrected chi connectivity index (χ1v) is 5.32. The fourth-order valence-corrected chi connectivity index (χ4v) is 2.12. The summed E-state index contributed by atoms with van der Waals surface area (Å²) in [6, 6.07) is 0. The molecule has 0 aliphatic rings. The molecule has 1 aromatic rings. The van der Waals surface area contributed by atoms with E-state index in [1.54, 1.807) is 26.2 Å². The number of thiazole rings is 1. The van der Waals surface area contributed by atoms with Gasteiger partial charge in [-0.1, -0.05) is 0 Å². The van der Waals surface area contributed by atoms with Gasteiger partial charge in [-0.3, -0.25) is 0 Å². The number of nitrogens with zero attached hydrogens (tertiary/aromatic N) is 2. The predicted octanol–water partition coefficient (Wildman–Crippen LogP) is 1.92. The number of aliphatic hydroxyl groups is 1. The first-order chi connectivity index (χ1) is 6.86. The van der Waals surface area contributed by atoms with Gasteiger partial charge >= 0.3 is 6.09 Å². The lowest BCUT2D eigenvalue weighted by Crippen LogP contribution is -2.45. The van der Waals surface area contributed by atoms with Crippen LogP contribution in [0.4, 0.5) is 9.93 Å². The van der Waals surface area contributed by atoms with Crippen LogP contribution in [0.2, 0.25) is 0 Å². The summed E-state index contributed by atoms with van der Waals surface area (Å²) in [5.74, 6) is 0. The molecule has 6 heteroatoms. The number of anilines is 1. The highest BCUT2D eigenvalue weighted by Crippen LogP contribution is 2.27. The van der Waals surface area contributed by atoms with Crippen molar-refractivity contribution in [2.24, 2.45) is 0 Å². The van der Waals surface area contributed by atoms with Crippen LogP contribution in [0.15, 0.2) is 5.38 Å². The van der Waals surface area contributed by atoms with E-state index in [-0.39, 0.29) is 6.61 Å². The Morgan fingerprint density at radius 3 is 2.53 bits per heavy atom. The van der Waals surface area contributed by atoms with Crippen LogP contribution in [-0.2, 0) is 6.61 Å². The molecular weight excluding hydrogens is 216 g/mol. The molecule has 0 aromatic carbocycles. The number of aliphatic hydroxyl groups excluding tert-OH is 1. The van der Waals surface area contributed by atoms with E-state index in [1.807, 2.05) is 0 Å². The highest BCUT2D eigenvalue weighted by Gasteiger charge is 2.30. The number of carboxylic acid groups (broad SMARTS) is 1. The molecule has 84 valence electrons. The highest BCUT2D eigenvalue weighted by atomic mass is 32.1. The third kappa shape index (κ3) is 2.66. The van der Waals surface area contributed by atoms with Gasteiger partial charge in [0, 0.05) is 10.9 Å². The van der Waals surface area contributed by atoms with E-state index in [0.717, 1.165) is 0 Å². The van der Waals surface area contributed by atoms with Gasteiger partial charge in [0.15, 0.2) is 5.13 Å². The Labute approximate surface area is 92.0 Å². The number of aromatic nitrogens is 1. The maximum atomic E-state index is 11.1. The third-order valence-corrected chi connectivity index (χ3v) is 2.63. The van der Waals surface area contributed by atoms with Gasteiger partial charge in [0.25, 0.3) is 0 Å². The molecule has 2 N–H and O–H groups in total. The summed E-state index contributed by atoms with van der Waals surface area (Å²) in [4.78, 5) is 16.3. The molecule has 1 amide bonds. The van der Waals surface area contributed by atoms with E-state index in [1.165, 1.54) is 16.2 Å². The van der Waals surface area contributed by atoms with Gasteiger partial charge in [-0.25, -0.2) is 14.7 Å². The van der Waals surface area contributed by atoms with E-state index >= 15 is 0 Å². The lowest BCUT2D eigenvalue weighted by molar-refractivity contribution is 0.195. The lowest BCUT2D eigenvalue weighted by Gasteiger charge is -2.30. The van der Waals surface area contributed by atoms with Gasteiger partial charge in [-0.05, 0) is 20.8 Å². The Morgan fingerprint density at radius 2 is 2.20 bits per heavy atom. The van der Waals surface area contributed by atoms with Crippen molar-refractivity contribution < 1.29 is 15.0 Å². The van der Waals surface area contributed by atoms with Gasteiger partial charge in [0.2, 0.25) is 0 Å². The molecule has 0 aliphatic heterocycles. The Hall–Kier alpha value is -1.14. The fourth-order valence-electron chi connectivity index (χ4n) is 1.13. The molecule has 0 saturated carbocycles. The molecule has 5 nitrogen and oxygen atoms in total. The summed E-state index contributed by atoms with van der Waals surface area (Å²) in [6.45, 7) is 5.21. The van der Waals surface area contributed by atoms with E-state index in [0.29, 0.717) is 10.8 Å². The minimum absolute atomic E-state index is 0.173. The zero-order valence-corrected chi connectivity index (χ0v) is 9.71. The first kappa shape index (κ1) is 11.9. The van der Waals surface area contributed by atoms with E-state index < -0.39 is 11.6 Å². The Morgan fingerprint density at radius 1 is 1.60 bits per heavy atom. The number of hydrogen-bond acceptors (Lipinski definition) is 4. The lowest BCUT2D eigenvalue weighted by atomic mass is 10.1. The number of hydrogen-bond donors (Lipinski definition) is 2. The maximum absolute atomic E-state index is 11.1. The van der Waals surface area contributed by atoms with Crippen LogP contribution < -0.4 is 4.90 Å². The molecule has 0 atom stereocenters. The van der Waals surface area contributed by atoms with Gasteiger partial charge in [-0.15, -0.1) is 11.3 Å². The summed E-state index contributed by atoms with van der Waals surface area (Å²) in [7, 11) is 0. The standard InChI is InChI=1S/C9H14N2O3S/c1-9(2,3)11(8(13)14)7-10-6(4-12)5-15-7/h5,12H,4H2,1-3H3,(H,13,14). The van der Waals surface area contributed by atoms with Crippen LogP contribution in [0.1, 0.15) is 26.5 Å². The summed E-state index contributed by atoms with van der Waals surface area (Å²) in [6.07, 6.45) is -1.04. The molecule has 0 aliphatic carbocycles. The van der Waals surface area contributed by atoms with Crippen LogP contribution in [-0.4, -0.2) is 26.8 Å². The molecule has 0 bridgehead atoms. The van der Waals surface area contributed by atoms with Crippen molar-refractivity contribution in [2.45, 2.75) is 32.9 Å². The van der Waals surface area contributed by atoms with Crippen molar-refractivity contribution in [3.63, 3.8) is 0 Å². The van der Waals surface area contributed by atoms with Crippen molar-refractivity contribution in [1.82, 2.24) is 4.98 Å². The fraction of sp³-hybridized carbons (Fsp3) is 0.556. The van der Waals surface area contributed by atoms with Crippen molar-refractivity contribution >= 4 is 22.6 Å². The summed E-state index contributed by atoms with van der Waals surface area (Å²) >= 11 is 1.21. The van der Waals surface area contributed by atoms with Gasteiger partial charge < -0.3 is 10.2 Å². The number of amides is 1. The zero-order valence-electron chi connectivity index (χ0n) is 8.89. The Kier molecular flexibility index (Phi) is 3.31. The van der Waals surface area contributed by atoms with E-state index in [9.17, 15) is 4.79 Å². The van der Waals surface area contributed by atoms with Crippen molar-refractivity contribution in [3.8, 4) is 0 Å². The average Bonchev–Trinajstić information content (AvgIpc) is 2.49. The topological polar surface area (TPSA) is 73.7 Å². The van der Waals surface area contributed by atoms with Crippen LogP contribution in [0.25, 0.3) is 0 Å². The summed E-state index contributed by atoms with van der Waals surface area (Å²) < 4.78 is 0. The number of rotatable bonds is 2. The molecule has 0 fully saturated rings. The van der Waals surface area contributed by atoms with E-state index in [4.69, 9.17) is 10.2 Å². The molecule has 1 rings (SSSR count). The van der Waals surface area contributed by atoms with Gasteiger partial charge in [-0.2, -0.15) is 0 Å². The highest BCUT2D eigenvalue weighted by molar-refractivity contribution is 7.14. The zero-order chi connectivity index (χ0) is 11.6. The van der Waals surface area contributed by atoms with Gasteiger partial charge in [0.05, 0.1) is 12.3 Å². The number of carbonyl (C=O) groups is 1. The molecule has 0 unspecified atom stereocenters. The van der Waals surface area contributed by atoms with Gasteiger partial charge in [0.1, 0.15) is 0 Å². The van der Waals surface area contributed by atoms with E-state index in [2.05, 4.69) is 4.98 Å². The second kappa shape index (κ2) is 4.16. The quantitative estimate of drug-likeness (QED) is 0.814. The second-order valence-electron chi connectivity index (χ2n) is 4.07. The molecule has 0 radical (unpaired) electrons. The van der Waals surface area contributed by atoms with Crippen molar-refractivity contribution in [3.05, 3.63) is 11.1 Å². The summed E-state index contributed by atoms with van der Waals surface area (Å²) in [5.41, 5.74) is -0.0540. The summed E-state index contributed by atoms with van der Waals surface area (Å²) in [5, 5.41) is 20.0. The largest absolute Gasteiger partial charge is 0.465 e. The van der Waals surface area contributed by atoms with Crippen LogP contribution in [0, 0.1) is 0 Å². The molecule has 0 saturated heterocycles. The Bertz CT molecular complexity index is 356. The normalized spacial score (nSPS) is 11.5. The monoisotopic (exact) mass is 230 g/mol. The minimum atomic E-state index is -1.04. The minimum Gasteiger partial charge on any atom is -0.465 e. The second-order valence-corrected chi connectivity index (χ2v) is 4.90. The third-order valence-electron chi connectivity index (χ3n) is 1.76. The Balaban J connectivity index is 3.05. The van der Waals surface area contributed by atoms with Crippen LogP contribution in [0.5, 0.6) is 0 Å². The SMILES string of the molecule is CC(C)(C)N(C(=O)O)c1nc(CO)cs1. The maximum Gasteiger partial charge on any atom is 0.414 e. The van der Waals surface area contributed by atoms with Crippen molar-refractivity contribution in [2.75, 3.05) is 4.90 Å². The first-order valence-electron chi connectivity index (χ1n) is 4.44. The molecular formula is C9H14N2O3S. The smallest absolute Gasteiger partial charge is 0.414 e. The molecule has 15 heavy (non-hydrogen) atoms. The molecule has 0 spiro atoms. The predicted molar refractivity (Wildman–Crippen MR) is 58.3 cm³/mol. The molecule has 1 aromatic heterocycles. The van der Waals surface area contributed by atoms with Crippen LogP contribution in [0.3, 0.4) is 0 Å². The van der Waals surface area contributed by atoms with Crippen molar-refractivity contribution in [1.29, 1.82) is 0 Å². The van der Waals surface area contributed by atoms with Crippen LogP contribution >= 0.6 is 11.3 Å². The average molecular weight is 230 g/mol.